The molecule has 0 atom stereocenters. The maximum absolute atomic E-state index is 5.50. The van der Waals surface area contributed by atoms with Gasteiger partial charge in [0, 0.05) is 22.1 Å². The van der Waals surface area contributed by atoms with E-state index in [1.54, 1.807) is 0 Å². The summed E-state index contributed by atoms with van der Waals surface area (Å²) in [7, 11) is 0. The molecule has 0 aromatic carbocycles. The smallest absolute Gasteiger partial charge is 0.211 e. The van der Waals surface area contributed by atoms with Gasteiger partial charge in [-0.1, -0.05) is 0 Å². The number of hydrogen-bond donors (Lipinski definition) is 4. The average molecular weight is 354 g/mol. The minimum Gasteiger partial charge on any atom is -0.355 e. The van der Waals surface area contributed by atoms with Gasteiger partial charge in [-0.05, 0) is 72.8 Å². The largest absolute Gasteiger partial charge is 0.355 e. The number of fused-ring (bicyclic) bond motifs is 8. The van der Waals surface area contributed by atoms with Gasteiger partial charge in [-0.25, -0.2) is 9.97 Å². The Hall–Kier alpha value is -4.09. The van der Waals surface area contributed by atoms with Crippen molar-refractivity contribution in [1.29, 1.82) is 11.1 Å². The molecule has 0 spiro atoms. The van der Waals surface area contributed by atoms with Crippen LogP contribution in [0.25, 0.3) is 46.4 Å². The molecule has 130 valence electrons. The Kier molecular flexibility index (Phi) is 4.27. The third-order valence-electron chi connectivity index (χ3n) is 4.04. The highest BCUT2D eigenvalue weighted by molar-refractivity contribution is 5.77. The lowest BCUT2D eigenvalue weighted by Gasteiger charge is -1.85. The molecule has 0 saturated heterocycles. The van der Waals surface area contributed by atoms with Gasteiger partial charge in [0.05, 0.1) is 22.8 Å². The zero-order valence-electron chi connectivity index (χ0n) is 14.3. The number of hydrogen-bond acceptors (Lipinski definition) is 4. The monoisotopic (exact) mass is 354 g/mol. The molecule has 3 aromatic rings. The Labute approximate surface area is 154 Å². The van der Waals surface area contributed by atoms with Crippen LogP contribution in [0.4, 0.5) is 0 Å². The van der Waals surface area contributed by atoms with Crippen molar-refractivity contribution in [2.75, 3.05) is 0 Å². The number of nitrogens with zero attached hydrogens (tertiary/aromatic N) is 3. The van der Waals surface area contributed by atoms with Crippen LogP contribution < -0.4 is 4.91 Å². The van der Waals surface area contributed by atoms with E-state index >= 15 is 0 Å². The molecule has 5 heterocycles. The Balaban J connectivity index is 0.000000565. The van der Waals surface area contributed by atoms with E-state index in [1.807, 2.05) is 53.5 Å². The van der Waals surface area contributed by atoms with Crippen molar-refractivity contribution in [3.05, 3.63) is 71.3 Å². The molecule has 5 rings (SSSR count). The maximum atomic E-state index is 5.50. The van der Waals surface area contributed by atoms with Gasteiger partial charge in [0.15, 0.2) is 0 Å². The molecule has 2 aliphatic heterocycles. The molecule has 0 radical (unpaired) electrons. The molecular formula is C20H16N7+. The van der Waals surface area contributed by atoms with E-state index in [1.165, 1.54) is 0 Å². The first-order valence-corrected chi connectivity index (χ1v) is 8.29. The van der Waals surface area contributed by atoms with Gasteiger partial charge in [-0.2, -0.15) is 0 Å². The molecule has 7 nitrogen and oxygen atoms in total. The van der Waals surface area contributed by atoms with Crippen LogP contribution in [0.5, 0.6) is 0 Å². The van der Waals surface area contributed by atoms with Crippen molar-refractivity contribution in [3.8, 4) is 0 Å². The predicted octanol–water partition coefficient (Wildman–Crippen LogP) is 4.77. The van der Waals surface area contributed by atoms with Crippen molar-refractivity contribution in [2.45, 2.75) is 0 Å². The number of aromatic nitrogens is 4. The van der Waals surface area contributed by atoms with Crippen molar-refractivity contribution in [2.24, 2.45) is 0 Å². The summed E-state index contributed by atoms with van der Waals surface area (Å²) in [4.78, 5) is 18.0. The summed E-state index contributed by atoms with van der Waals surface area (Å²) in [6.45, 7) is 0. The van der Waals surface area contributed by atoms with Gasteiger partial charge in [0.2, 0.25) is 4.91 Å². The third-order valence-corrected chi connectivity index (χ3v) is 4.04. The summed E-state index contributed by atoms with van der Waals surface area (Å²) >= 11 is 0. The second kappa shape index (κ2) is 7.03. The molecule has 3 aromatic heterocycles. The lowest BCUT2D eigenvalue weighted by molar-refractivity contribution is 0.928. The summed E-state index contributed by atoms with van der Waals surface area (Å²) in [5, 5.41) is 0. The quantitative estimate of drug-likeness (QED) is 0.237. The fraction of sp³-hybridized carbons (Fsp3) is 0. The number of nitrogens with one attached hydrogen (secondary N) is 4. The summed E-state index contributed by atoms with van der Waals surface area (Å²) in [5.74, 6) is 0. The molecule has 27 heavy (non-hydrogen) atoms. The molecular weight excluding hydrogens is 338 g/mol. The highest BCUT2D eigenvalue weighted by atomic mass is 15.0. The molecule has 0 saturated carbocycles. The van der Waals surface area contributed by atoms with Gasteiger partial charge in [-0.15, -0.1) is 0 Å². The number of rotatable bonds is 0. The zero-order chi connectivity index (χ0) is 18.6. The van der Waals surface area contributed by atoms with E-state index < -0.39 is 0 Å². The lowest BCUT2D eigenvalue weighted by Crippen LogP contribution is -1.75. The summed E-state index contributed by atoms with van der Waals surface area (Å²) < 4.78 is 0. The molecule has 0 fully saturated rings. The van der Waals surface area contributed by atoms with Crippen molar-refractivity contribution >= 4 is 46.4 Å². The molecule has 0 amide bonds. The van der Waals surface area contributed by atoms with E-state index in [0.29, 0.717) is 0 Å². The summed E-state index contributed by atoms with van der Waals surface area (Å²) in [6.07, 6.45) is 8.09. The van der Waals surface area contributed by atoms with E-state index in [9.17, 15) is 0 Å². The first-order chi connectivity index (χ1) is 13.2. The minimum atomic E-state index is 0.939. The highest BCUT2D eigenvalue weighted by Gasteiger charge is 2.00. The molecule has 4 N–H and O–H groups in total. The Morgan fingerprint density at radius 3 is 1.07 bits per heavy atom. The minimum absolute atomic E-state index is 0.939. The van der Waals surface area contributed by atoms with Crippen molar-refractivity contribution in [1.82, 2.24) is 24.8 Å². The molecule has 8 bridgehead atoms. The van der Waals surface area contributed by atoms with Gasteiger partial charge < -0.3 is 9.97 Å². The van der Waals surface area contributed by atoms with E-state index in [2.05, 4.69) is 44.2 Å². The Morgan fingerprint density at radius 2 is 0.815 bits per heavy atom. The Morgan fingerprint density at radius 1 is 0.556 bits per heavy atom. The molecule has 2 aliphatic rings. The predicted molar refractivity (Wildman–Crippen MR) is 106 cm³/mol. The number of H-pyrrole nitrogens is 2. The molecule has 0 unspecified atom stereocenters. The van der Waals surface area contributed by atoms with Gasteiger partial charge in [0.1, 0.15) is 11.1 Å². The van der Waals surface area contributed by atoms with Crippen LogP contribution in [0.3, 0.4) is 0 Å². The standard InChI is InChI=1S/C20H14N4.H2N3/c1-2-14-10-16-5-6-18(23-16)12-20-8-7-19(24-20)11-17-4-3-15(22-17)9-13(1)21-14;1-3-2/h1-12,21,24H;1-2H/q;+1. The second-order valence-electron chi connectivity index (χ2n) is 6.02. The van der Waals surface area contributed by atoms with E-state index in [-0.39, 0.29) is 0 Å². The summed E-state index contributed by atoms with van der Waals surface area (Å²) in [5.41, 5.74) is 18.9. The SMILES string of the molecule is C1=Cc2cc3ccc(cc4nc(cc5ccc(cc1n2)[nH]5)C=C4)[nH]3.N=[N+]=N. The first-order valence-electron chi connectivity index (χ1n) is 8.29. The van der Waals surface area contributed by atoms with E-state index in [4.69, 9.17) is 11.1 Å². The van der Waals surface area contributed by atoms with Crippen LogP contribution in [0.2, 0.25) is 0 Å². The third kappa shape index (κ3) is 3.78. The fourth-order valence-corrected chi connectivity index (χ4v) is 2.94. The Bertz CT molecular complexity index is 1080. The normalized spacial score (nSPS) is 11.6. The highest BCUT2D eigenvalue weighted by Crippen LogP contribution is 2.16. The van der Waals surface area contributed by atoms with Crippen molar-refractivity contribution < 1.29 is 0 Å². The van der Waals surface area contributed by atoms with Crippen LogP contribution in [-0.2, 0) is 0 Å². The molecule has 0 aliphatic carbocycles. The maximum Gasteiger partial charge on any atom is 0.211 e. The average Bonchev–Trinajstić information content (AvgIpc) is 3.41. The number of aromatic amines is 2. The first kappa shape index (κ1) is 16.4. The topological polar surface area (TPSA) is 119 Å². The fourth-order valence-electron chi connectivity index (χ4n) is 2.94. The van der Waals surface area contributed by atoms with Gasteiger partial charge >= 0.3 is 0 Å². The van der Waals surface area contributed by atoms with Crippen molar-refractivity contribution in [3.63, 3.8) is 0 Å². The zero-order valence-corrected chi connectivity index (χ0v) is 14.3. The van der Waals surface area contributed by atoms with Gasteiger partial charge in [0.25, 0.3) is 0 Å². The van der Waals surface area contributed by atoms with Crippen LogP contribution in [0.15, 0.2) is 48.5 Å². The van der Waals surface area contributed by atoms with Crippen LogP contribution in [-0.4, -0.2) is 19.9 Å². The van der Waals surface area contributed by atoms with E-state index in [0.717, 1.165) is 44.8 Å². The van der Waals surface area contributed by atoms with Crippen LogP contribution >= 0.6 is 0 Å². The summed E-state index contributed by atoms with van der Waals surface area (Å²) in [6, 6.07) is 16.4. The second-order valence-corrected chi connectivity index (χ2v) is 6.02. The van der Waals surface area contributed by atoms with Crippen LogP contribution in [0, 0.1) is 11.1 Å². The van der Waals surface area contributed by atoms with Gasteiger partial charge in [-0.3, -0.25) is 0 Å². The van der Waals surface area contributed by atoms with Crippen LogP contribution in [0.1, 0.15) is 22.8 Å². The lowest BCUT2D eigenvalue weighted by atomic mass is 10.3. The molecule has 7 heteroatoms.